The predicted molar refractivity (Wildman–Crippen MR) is 63.7 cm³/mol. The molecule has 1 aromatic carbocycles. The zero-order valence-corrected chi connectivity index (χ0v) is 9.91. The Morgan fingerprint density at radius 3 is 2.92 bits per heavy atom. The molecule has 0 radical (unpaired) electrons. The highest BCUT2D eigenvalue weighted by molar-refractivity contribution is 14.1. The zero-order chi connectivity index (χ0) is 9.26. The van der Waals surface area contributed by atoms with Crippen LogP contribution in [0.25, 0.3) is 0 Å². The molecule has 1 N–H and O–H groups in total. The Labute approximate surface area is 93.1 Å². The minimum atomic E-state index is 0.578. The maximum Gasteiger partial charge on any atom is 0.0346 e. The molecule has 1 nitrogen and oxygen atoms in total. The molecule has 1 heterocycles. The van der Waals surface area contributed by atoms with Gasteiger partial charge in [0.2, 0.25) is 0 Å². The van der Waals surface area contributed by atoms with E-state index in [0.717, 1.165) is 12.5 Å². The maximum atomic E-state index is 3.55. The van der Waals surface area contributed by atoms with Crippen molar-refractivity contribution in [2.75, 3.05) is 6.54 Å². The van der Waals surface area contributed by atoms with E-state index in [-0.39, 0.29) is 0 Å². The molecule has 0 saturated carbocycles. The van der Waals surface area contributed by atoms with E-state index in [4.69, 9.17) is 0 Å². The van der Waals surface area contributed by atoms with Crippen LogP contribution in [0.4, 0.5) is 0 Å². The van der Waals surface area contributed by atoms with Gasteiger partial charge in [-0.25, -0.2) is 0 Å². The van der Waals surface area contributed by atoms with Crippen molar-refractivity contribution >= 4 is 22.6 Å². The molecular formula is C11H14IN. The second-order valence-electron chi connectivity index (χ2n) is 3.75. The first-order chi connectivity index (χ1) is 6.27. The van der Waals surface area contributed by atoms with Gasteiger partial charge in [0.15, 0.2) is 0 Å². The minimum absolute atomic E-state index is 0.578. The van der Waals surface area contributed by atoms with E-state index in [9.17, 15) is 0 Å². The first kappa shape index (κ1) is 9.46. The van der Waals surface area contributed by atoms with E-state index >= 15 is 0 Å². The van der Waals surface area contributed by atoms with Gasteiger partial charge in [0.1, 0.15) is 0 Å². The van der Waals surface area contributed by atoms with E-state index in [2.05, 4.69) is 59.1 Å². The van der Waals surface area contributed by atoms with Crippen molar-refractivity contribution in [1.82, 2.24) is 5.32 Å². The van der Waals surface area contributed by atoms with E-state index in [1.165, 1.54) is 15.6 Å². The number of rotatable bonds is 1. The van der Waals surface area contributed by atoms with Gasteiger partial charge in [0.05, 0.1) is 0 Å². The molecule has 0 amide bonds. The lowest BCUT2D eigenvalue weighted by Crippen LogP contribution is -2.16. The SMILES string of the molecule is CC1CCNC1c1cccc(I)c1. The average molecular weight is 287 g/mol. The molecular weight excluding hydrogens is 273 g/mol. The number of nitrogens with one attached hydrogen (secondary N) is 1. The molecule has 1 aliphatic rings. The summed E-state index contributed by atoms with van der Waals surface area (Å²) in [5, 5.41) is 3.55. The second kappa shape index (κ2) is 3.96. The lowest BCUT2D eigenvalue weighted by molar-refractivity contribution is 0.503. The van der Waals surface area contributed by atoms with Gasteiger partial charge in [0.25, 0.3) is 0 Å². The standard InChI is InChI=1S/C11H14IN/c1-8-5-6-13-11(8)9-3-2-4-10(12)7-9/h2-4,7-8,11,13H,5-6H2,1H3. The Kier molecular flexibility index (Phi) is 2.89. The zero-order valence-electron chi connectivity index (χ0n) is 7.76. The normalized spacial score (nSPS) is 27.8. The molecule has 1 aromatic rings. The first-order valence-corrected chi connectivity index (χ1v) is 5.84. The minimum Gasteiger partial charge on any atom is -0.310 e. The summed E-state index contributed by atoms with van der Waals surface area (Å²) in [6, 6.07) is 9.37. The quantitative estimate of drug-likeness (QED) is 0.783. The number of hydrogen-bond donors (Lipinski definition) is 1. The van der Waals surface area contributed by atoms with Gasteiger partial charge >= 0.3 is 0 Å². The van der Waals surface area contributed by atoms with E-state index in [0.29, 0.717) is 6.04 Å². The van der Waals surface area contributed by atoms with Gasteiger partial charge in [-0.05, 0) is 59.2 Å². The van der Waals surface area contributed by atoms with E-state index in [1.54, 1.807) is 0 Å². The Balaban J connectivity index is 2.24. The molecule has 0 spiro atoms. The van der Waals surface area contributed by atoms with Crippen LogP contribution in [0, 0.1) is 9.49 Å². The van der Waals surface area contributed by atoms with Crippen LogP contribution in [-0.2, 0) is 0 Å². The molecule has 13 heavy (non-hydrogen) atoms. The largest absolute Gasteiger partial charge is 0.310 e. The van der Waals surface area contributed by atoms with E-state index < -0.39 is 0 Å². The Morgan fingerprint density at radius 2 is 2.31 bits per heavy atom. The topological polar surface area (TPSA) is 12.0 Å². The number of halogens is 1. The molecule has 1 fully saturated rings. The molecule has 2 unspecified atom stereocenters. The fourth-order valence-corrected chi connectivity index (χ4v) is 2.55. The van der Waals surface area contributed by atoms with Crippen molar-refractivity contribution in [3.8, 4) is 0 Å². The summed E-state index contributed by atoms with van der Waals surface area (Å²) in [5.41, 5.74) is 1.44. The van der Waals surface area contributed by atoms with Crippen LogP contribution in [0.1, 0.15) is 24.9 Å². The first-order valence-electron chi connectivity index (χ1n) is 4.76. The molecule has 1 saturated heterocycles. The lowest BCUT2D eigenvalue weighted by Gasteiger charge is -2.16. The number of hydrogen-bond acceptors (Lipinski definition) is 1. The van der Waals surface area contributed by atoms with Crippen LogP contribution in [0.15, 0.2) is 24.3 Å². The van der Waals surface area contributed by atoms with Crippen LogP contribution < -0.4 is 5.32 Å². The summed E-state index contributed by atoms with van der Waals surface area (Å²) in [5.74, 6) is 0.776. The van der Waals surface area contributed by atoms with Crippen LogP contribution in [0.3, 0.4) is 0 Å². The predicted octanol–water partition coefficient (Wildman–Crippen LogP) is 2.96. The molecule has 2 heteroatoms. The third-order valence-electron chi connectivity index (χ3n) is 2.74. The Morgan fingerprint density at radius 1 is 1.46 bits per heavy atom. The van der Waals surface area contributed by atoms with Gasteiger partial charge in [0, 0.05) is 9.61 Å². The van der Waals surface area contributed by atoms with Crippen LogP contribution >= 0.6 is 22.6 Å². The molecule has 0 aromatic heterocycles. The number of benzene rings is 1. The third-order valence-corrected chi connectivity index (χ3v) is 3.41. The smallest absolute Gasteiger partial charge is 0.0346 e. The van der Waals surface area contributed by atoms with Gasteiger partial charge < -0.3 is 5.32 Å². The molecule has 0 aliphatic carbocycles. The molecule has 1 aliphatic heterocycles. The van der Waals surface area contributed by atoms with Gasteiger partial charge in [-0.15, -0.1) is 0 Å². The molecule has 0 bridgehead atoms. The average Bonchev–Trinajstić information content (AvgIpc) is 2.51. The highest BCUT2D eigenvalue weighted by atomic mass is 127. The highest BCUT2D eigenvalue weighted by Gasteiger charge is 2.23. The summed E-state index contributed by atoms with van der Waals surface area (Å²) in [6.07, 6.45) is 1.30. The highest BCUT2D eigenvalue weighted by Crippen LogP contribution is 2.29. The second-order valence-corrected chi connectivity index (χ2v) is 5.00. The lowest BCUT2D eigenvalue weighted by atomic mass is 9.96. The third kappa shape index (κ3) is 2.05. The fraction of sp³-hybridized carbons (Fsp3) is 0.455. The van der Waals surface area contributed by atoms with Crippen LogP contribution in [0.5, 0.6) is 0 Å². The van der Waals surface area contributed by atoms with Crippen molar-refractivity contribution in [2.24, 2.45) is 5.92 Å². The van der Waals surface area contributed by atoms with Crippen molar-refractivity contribution in [3.05, 3.63) is 33.4 Å². The van der Waals surface area contributed by atoms with Crippen molar-refractivity contribution in [3.63, 3.8) is 0 Å². The molecule has 2 rings (SSSR count). The monoisotopic (exact) mass is 287 g/mol. The molecule has 2 atom stereocenters. The summed E-state index contributed by atoms with van der Waals surface area (Å²) in [4.78, 5) is 0. The summed E-state index contributed by atoms with van der Waals surface area (Å²) in [6.45, 7) is 3.49. The summed E-state index contributed by atoms with van der Waals surface area (Å²) in [7, 11) is 0. The van der Waals surface area contributed by atoms with Crippen molar-refractivity contribution < 1.29 is 0 Å². The fourth-order valence-electron chi connectivity index (χ4n) is 1.98. The van der Waals surface area contributed by atoms with Crippen LogP contribution in [-0.4, -0.2) is 6.54 Å². The Hall–Kier alpha value is -0.0900. The molecule has 70 valence electrons. The van der Waals surface area contributed by atoms with E-state index in [1.807, 2.05) is 0 Å². The summed E-state index contributed by atoms with van der Waals surface area (Å²) < 4.78 is 1.33. The van der Waals surface area contributed by atoms with Crippen molar-refractivity contribution in [1.29, 1.82) is 0 Å². The maximum absolute atomic E-state index is 3.55. The Bertz CT molecular complexity index is 298. The van der Waals surface area contributed by atoms with Gasteiger partial charge in [-0.1, -0.05) is 19.1 Å². The van der Waals surface area contributed by atoms with Gasteiger partial charge in [-0.3, -0.25) is 0 Å². The van der Waals surface area contributed by atoms with Crippen molar-refractivity contribution in [2.45, 2.75) is 19.4 Å². The summed E-state index contributed by atoms with van der Waals surface area (Å²) >= 11 is 2.37. The van der Waals surface area contributed by atoms with Gasteiger partial charge in [-0.2, -0.15) is 0 Å². The van der Waals surface area contributed by atoms with Crippen LogP contribution in [0.2, 0.25) is 0 Å².